The molecular formula is C23H28N4O3. The zero-order chi connectivity index (χ0) is 21.5. The maximum Gasteiger partial charge on any atom is 0.251 e. The van der Waals surface area contributed by atoms with Gasteiger partial charge in [-0.15, -0.1) is 0 Å². The van der Waals surface area contributed by atoms with Crippen molar-refractivity contribution in [3.8, 4) is 5.75 Å². The van der Waals surface area contributed by atoms with E-state index in [1.165, 1.54) is 0 Å². The van der Waals surface area contributed by atoms with Gasteiger partial charge in [0.05, 0.1) is 17.6 Å². The van der Waals surface area contributed by atoms with Crippen LogP contribution in [0.25, 0.3) is 11.0 Å². The van der Waals surface area contributed by atoms with Crippen molar-refractivity contribution in [2.75, 3.05) is 13.2 Å². The van der Waals surface area contributed by atoms with Crippen LogP contribution in [0, 0.1) is 5.92 Å². The molecule has 1 atom stereocenters. The van der Waals surface area contributed by atoms with E-state index >= 15 is 0 Å². The lowest BCUT2D eigenvalue weighted by atomic mass is 10.0. The van der Waals surface area contributed by atoms with Crippen LogP contribution in [0.5, 0.6) is 5.75 Å². The summed E-state index contributed by atoms with van der Waals surface area (Å²) in [6, 6.07) is 14.1. The predicted molar refractivity (Wildman–Crippen MR) is 117 cm³/mol. The Balaban J connectivity index is 1.55. The first kappa shape index (κ1) is 21.4. The van der Waals surface area contributed by atoms with E-state index in [1.807, 2.05) is 45.0 Å². The molecule has 0 spiro atoms. The molecule has 0 radical (unpaired) electrons. The highest BCUT2D eigenvalue weighted by Gasteiger charge is 2.24. The Morgan fingerprint density at radius 3 is 2.50 bits per heavy atom. The number of H-pyrrole nitrogens is 1. The Labute approximate surface area is 176 Å². The van der Waals surface area contributed by atoms with Crippen LogP contribution in [0.3, 0.4) is 0 Å². The second-order valence-corrected chi connectivity index (χ2v) is 7.39. The van der Waals surface area contributed by atoms with Crippen LogP contribution in [-0.4, -0.2) is 41.0 Å². The van der Waals surface area contributed by atoms with Crippen molar-refractivity contribution in [2.45, 2.75) is 33.2 Å². The highest BCUT2D eigenvalue weighted by atomic mass is 16.5. The number of hydrogen-bond acceptors (Lipinski definition) is 4. The number of rotatable bonds is 9. The van der Waals surface area contributed by atoms with Crippen LogP contribution in [0.15, 0.2) is 48.5 Å². The molecule has 0 aliphatic rings. The molecule has 1 aromatic heterocycles. The second kappa shape index (κ2) is 9.91. The Bertz CT molecular complexity index is 962. The summed E-state index contributed by atoms with van der Waals surface area (Å²) in [5.41, 5.74) is 2.36. The molecule has 0 saturated heterocycles. The number of fused-ring (bicyclic) bond motifs is 1. The molecule has 0 bridgehead atoms. The number of aromatic nitrogens is 2. The Kier molecular flexibility index (Phi) is 7.06. The van der Waals surface area contributed by atoms with Crippen LogP contribution < -0.4 is 15.4 Å². The highest BCUT2D eigenvalue weighted by molar-refractivity contribution is 5.97. The highest BCUT2D eigenvalue weighted by Crippen LogP contribution is 2.13. The molecule has 3 rings (SSSR count). The standard InChI is InChI=1S/C23H28N4O3/c1-4-30-17-11-9-16(10-12-17)22(28)27-21(15(2)3)23(29)24-14-13-20-25-18-7-5-6-8-19(18)26-20/h5-12,15,21H,4,13-14H2,1-3H3,(H,24,29)(H,25,26)(H,27,28). The Hall–Kier alpha value is -3.35. The molecule has 0 aliphatic heterocycles. The van der Waals surface area contributed by atoms with Gasteiger partial charge in [0.1, 0.15) is 17.6 Å². The number of carbonyl (C=O) groups is 2. The van der Waals surface area contributed by atoms with E-state index in [2.05, 4.69) is 20.6 Å². The second-order valence-electron chi connectivity index (χ2n) is 7.39. The van der Waals surface area contributed by atoms with Crippen molar-refractivity contribution in [1.82, 2.24) is 20.6 Å². The molecule has 7 heteroatoms. The van der Waals surface area contributed by atoms with Crippen LogP contribution in [-0.2, 0) is 11.2 Å². The monoisotopic (exact) mass is 408 g/mol. The quantitative estimate of drug-likeness (QED) is 0.507. The van der Waals surface area contributed by atoms with E-state index in [1.54, 1.807) is 24.3 Å². The number of imidazole rings is 1. The molecule has 158 valence electrons. The van der Waals surface area contributed by atoms with Crippen LogP contribution in [0.2, 0.25) is 0 Å². The van der Waals surface area contributed by atoms with Gasteiger partial charge in [0, 0.05) is 18.5 Å². The van der Waals surface area contributed by atoms with Crippen molar-refractivity contribution in [1.29, 1.82) is 0 Å². The minimum absolute atomic E-state index is 0.0529. The summed E-state index contributed by atoms with van der Waals surface area (Å²) in [5.74, 6) is 0.973. The molecule has 0 aliphatic carbocycles. The van der Waals surface area contributed by atoms with Gasteiger partial charge in [-0.25, -0.2) is 4.98 Å². The fraction of sp³-hybridized carbons (Fsp3) is 0.348. The molecule has 0 fully saturated rings. The number of nitrogens with zero attached hydrogens (tertiary/aromatic N) is 1. The van der Waals surface area contributed by atoms with Gasteiger partial charge in [0.25, 0.3) is 5.91 Å². The molecular weight excluding hydrogens is 380 g/mol. The zero-order valence-electron chi connectivity index (χ0n) is 17.6. The van der Waals surface area contributed by atoms with E-state index < -0.39 is 6.04 Å². The minimum Gasteiger partial charge on any atom is -0.494 e. The third kappa shape index (κ3) is 5.37. The number of amides is 2. The number of carbonyl (C=O) groups excluding carboxylic acids is 2. The molecule has 0 saturated carbocycles. The lowest BCUT2D eigenvalue weighted by Gasteiger charge is -2.21. The number of nitrogens with one attached hydrogen (secondary N) is 3. The number of benzene rings is 2. The number of aromatic amines is 1. The topological polar surface area (TPSA) is 96.1 Å². The first-order valence-corrected chi connectivity index (χ1v) is 10.2. The van der Waals surface area contributed by atoms with Gasteiger partial charge < -0.3 is 20.4 Å². The molecule has 2 aromatic carbocycles. The molecule has 1 heterocycles. The van der Waals surface area contributed by atoms with Gasteiger partial charge in [0.15, 0.2) is 0 Å². The summed E-state index contributed by atoms with van der Waals surface area (Å²) in [4.78, 5) is 33.0. The third-order valence-electron chi connectivity index (χ3n) is 4.76. The summed E-state index contributed by atoms with van der Waals surface area (Å²) in [5, 5.41) is 5.74. The summed E-state index contributed by atoms with van der Waals surface area (Å²) in [7, 11) is 0. The first-order chi connectivity index (χ1) is 14.5. The number of ether oxygens (including phenoxy) is 1. The van der Waals surface area contributed by atoms with Crippen molar-refractivity contribution < 1.29 is 14.3 Å². The summed E-state index contributed by atoms with van der Waals surface area (Å²) in [6.07, 6.45) is 0.581. The maximum atomic E-state index is 12.7. The summed E-state index contributed by atoms with van der Waals surface area (Å²) in [6.45, 7) is 6.71. The maximum absolute atomic E-state index is 12.7. The van der Waals surface area contributed by atoms with Gasteiger partial charge >= 0.3 is 0 Å². The Morgan fingerprint density at radius 1 is 1.10 bits per heavy atom. The molecule has 3 aromatic rings. The molecule has 7 nitrogen and oxygen atoms in total. The van der Waals surface area contributed by atoms with Gasteiger partial charge in [-0.05, 0) is 49.2 Å². The van der Waals surface area contributed by atoms with Crippen molar-refractivity contribution in [3.05, 3.63) is 59.9 Å². The zero-order valence-corrected chi connectivity index (χ0v) is 17.6. The lowest BCUT2D eigenvalue weighted by molar-refractivity contribution is -0.123. The van der Waals surface area contributed by atoms with E-state index in [9.17, 15) is 9.59 Å². The minimum atomic E-state index is -0.625. The van der Waals surface area contributed by atoms with Crippen LogP contribution in [0.1, 0.15) is 37.0 Å². The largest absolute Gasteiger partial charge is 0.494 e. The molecule has 2 amide bonds. The van der Waals surface area contributed by atoms with Gasteiger partial charge in [-0.2, -0.15) is 0 Å². The Morgan fingerprint density at radius 2 is 1.83 bits per heavy atom. The average Bonchev–Trinajstić information content (AvgIpc) is 3.15. The first-order valence-electron chi connectivity index (χ1n) is 10.2. The third-order valence-corrected chi connectivity index (χ3v) is 4.76. The van der Waals surface area contributed by atoms with E-state index in [-0.39, 0.29) is 17.7 Å². The predicted octanol–water partition coefficient (Wildman–Crippen LogP) is 3.07. The van der Waals surface area contributed by atoms with Crippen molar-refractivity contribution in [3.63, 3.8) is 0 Å². The summed E-state index contributed by atoms with van der Waals surface area (Å²) < 4.78 is 5.39. The smallest absolute Gasteiger partial charge is 0.251 e. The van der Waals surface area contributed by atoms with Gasteiger partial charge in [-0.3, -0.25) is 9.59 Å². The molecule has 30 heavy (non-hydrogen) atoms. The van der Waals surface area contributed by atoms with E-state index in [4.69, 9.17) is 4.74 Å². The van der Waals surface area contributed by atoms with Crippen molar-refractivity contribution >= 4 is 22.8 Å². The average molecular weight is 409 g/mol. The van der Waals surface area contributed by atoms with E-state index in [0.29, 0.717) is 30.9 Å². The lowest BCUT2D eigenvalue weighted by Crippen LogP contribution is -2.50. The van der Waals surface area contributed by atoms with Crippen LogP contribution in [0.4, 0.5) is 0 Å². The number of para-hydroxylation sites is 2. The normalized spacial score (nSPS) is 12.0. The van der Waals surface area contributed by atoms with E-state index in [0.717, 1.165) is 16.9 Å². The number of hydrogen-bond donors (Lipinski definition) is 3. The van der Waals surface area contributed by atoms with Gasteiger partial charge in [-0.1, -0.05) is 26.0 Å². The SMILES string of the molecule is CCOc1ccc(C(=O)NC(C(=O)NCCc2nc3ccccc3[nH]2)C(C)C)cc1. The fourth-order valence-corrected chi connectivity index (χ4v) is 3.17. The van der Waals surface area contributed by atoms with Crippen LogP contribution >= 0.6 is 0 Å². The summed E-state index contributed by atoms with van der Waals surface area (Å²) >= 11 is 0. The molecule has 1 unspecified atom stereocenters. The molecule has 3 N–H and O–H groups in total. The fourth-order valence-electron chi connectivity index (χ4n) is 3.17. The van der Waals surface area contributed by atoms with Gasteiger partial charge in [0.2, 0.25) is 5.91 Å². The van der Waals surface area contributed by atoms with Crippen molar-refractivity contribution in [2.24, 2.45) is 5.92 Å².